The Labute approximate surface area is 667 Å². The molecule has 6 atom stereocenters. The molecular formula is C87H94F4N16O9. The molecule has 12 aromatic rings. The van der Waals surface area contributed by atoms with Crippen molar-refractivity contribution in [2.75, 3.05) is 168 Å². The molecule has 6 aliphatic rings. The van der Waals surface area contributed by atoms with Crippen LogP contribution in [0, 0.1) is 41.0 Å². The van der Waals surface area contributed by atoms with E-state index in [2.05, 4.69) is 94.4 Å². The third-order valence-electron chi connectivity index (χ3n) is 23.4. The number of methoxy groups -OCH3 is 4. The van der Waals surface area contributed by atoms with E-state index in [0.29, 0.717) is 104 Å². The Hall–Kier alpha value is -11.8. The highest BCUT2D eigenvalue weighted by Gasteiger charge is 2.41. The molecule has 0 bridgehead atoms. The van der Waals surface area contributed by atoms with Crippen molar-refractivity contribution in [1.29, 1.82) is 0 Å². The van der Waals surface area contributed by atoms with Gasteiger partial charge in [-0.3, -0.25) is 36.8 Å². The van der Waals surface area contributed by atoms with Gasteiger partial charge in [-0.2, -0.15) is 0 Å². The fourth-order valence-electron chi connectivity index (χ4n) is 16.8. The molecule has 25 nitrogen and oxygen atoms in total. The maximum atomic E-state index is 14.1. The fraction of sp³-hybridized carbons (Fsp3) is 0.356. The predicted molar refractivity (Wildman–Crippen MR) is 442 cm³/mol. The van der Waals surface area contributed by atoms with Gasteiger partial charge in [0.2, 0.25) is 0 Å². The number of hydrogen-bond donors (Lipinski definition) is 1. The van der Waals surface area contributed by atoms with Crippen LogP contribution in [-0.2, 0) is 0 Å². The first-order chi connectivity index (χ1) is 56.0. The van der Waals surface area contributed by atoms with Crippen molar-refractivity contribution < 1.29 is 41.6 Å². The van der Waals surface area contributed by atoms with Crippen LogP contribution in [0.25, 0.3) is 67.4 Å². The molecule has 0 unspecified atom stereocenters. The smallest absolute Gasteiger partial charge is 0.259 e. The highest BCUT2D eigenvalue weighted by atomic mass is 19.1. The van der Waals surface area contributed by atoms with Gasteiger partial charge in [-0.1, -0.05) is 12.1 Å². The van der Waals surface area contributed by atoms with Gasteiger partial charge >= 0.3 is 0 Å². The van der Waals surface area contributed by atoms with E-state index >= 15 is 0 Å². The number of pyridine rings is 4. The van der Waals surface area contributed by atoms with Crippen molar-refractivity contribution in [2.24, 2.45) is 17.8 Å². The van der Waals surface area contributed by atoms with Crippen LogP contribution in [0.15, 0.2) is 190 Å². The van der Waals surface area contributed by atoms with Gasteiger partial charge in [-0.05, 0) is 210 Å². The normalized spacial score (nSPS) is 19.2. The molecule has 604 valence electrons. The first-order valence-corrected chi connectivity index (χ1v) is 38.9. The largest absolute Gasteiger partial charge is 0.494 e. The van der Waals surface area contributed by atoms with Crippen LogP contribution in [0.1, 0.15) is 19.3 Å². The molecule has 0 saturated carbocycles. The quantitative estimate of drug-likeness (QED) is 0.0889. The van der Waals surface area contributed by atoms with Crippen LogP contribution in [0.4, 0.5) is 40.6 Å². The molecule has 6 saturated heterocycles. The number of benzene rings is 4. The van der Waals surface area contributed by atoms with E-state index in [9.17, 15) is 36.7 Å². The summed E-state index contributed by atoms with van der Waals surface area (Å²) in [5.41, 5.74) is 8.34. The molecule has 0 radical (unpaired) electrons. The number of likely N-dealkylation sites (N-methyl/N-ethyl adjacent to an activating group) is 3. The van der Waals surface area contributed by atoms with Gasteiger partial charge < -0.3 is 63.3 Å². The van der Waals surface area contributed by atoms with E-state index in [1.54, 1.807) is 87.9 Å². The Bertz CT molecular complexity index is 5720. The minimum Gasteiger partial charge on any atom is -0.494 e. The van der Waals surface area contributed by atoms with Crippen molar-refractivity contribution in [3.05, 3.63) is 235 Å². The summed E-state index contributed by atoms with van der Waals surface area (Å²) < 4.78 is 82.1. The fourth-order valence-corrected chi connectivity index (χ4v) is 16.8. The van der Waals surface area contributed by atoms with E-state index in [1.807, 2.05) is 48.8 Å². The van der Waals surface area contributed by atoms with Gasteiger partial charge in [0.1, 0.15) is 34.2 Å². The van der Waals surface area contributed by atoms with Crippen molar-refractivity contribution in [2.45, 2.75) is 37.4 Å². The van der Waals surface area contributed by atoms with Crippen molar-refractivity contribution in [1.82, 2.24) is 57.1 Å². The number of nitrogens with zero attached hydrogens (tertiary/aromatic N) is 16. The number of aliphatic hydroxyl groups is 1. The summed E-state index contributed by atoms with van der Waals surface area (Å²) in [6, 6.07) is 41.2. The second-order valence-electron chi connectivity index (χ2n) is 30.9. The zero-order valence-electron chi connectivity index (χ0n) is 66.3. The number of aliphatic hydroxyl groups excluding tert-OH is 1. The topological polar surface area (TPSA) is 221 Å². The molecule has 0 spiro atoms. The number of rotatable bonds is 16. The van der Waals surface area contributed by atoms with Crippen LogP contribution in [0.2, 0.25) is 0 Å². The zero-order chi connectivity index (χ0) is 81.3. The summed E-state index contributed by atoms with van der Waals surface area (Å²) in [4.78, 5) is 87.6. The molecule has 6 fully saturated rings. The minimum atomic E-state index is -0.491. The van der Waals surface area contributed by atoms with E-state index in [4.69, 9.17) is 24.1 Å². The Morgan fingerprint density at radius 3 is 1.14 bits per heavy atom. The first kappa shape index (κ1) is 79.5. The summed E-state index contributed by atoms with van der Waals surface area (Å²) >= 11 is 0. The maximum Gasteiger partial charge on any atom is 0.259 e. The minimum absolute atomic E-state index is 0.149. The summed E-state index contributed by atoms with van der Waals surface area (Å²) in [6.45, 7) is 11.5. The molecule has 6 aliphatic heterocycles. The number of hydrogen-bond acceptors (Lipinski definition) is 21. The lowest BCUT2D eigenvalue weighted by Gasteiger charge is -2.23. The first-order valence-electron chi connectivity index (χ1n) is 38.9. The Kier molecular flexibility index (Phi) is 23.3. The molecule has 4 aromatic carbocycles. The SMILES string of the molecule is COc1ccc(-c2cc(=O)n3cc(N4C[C@@H]5CCN(C)[C@@H]5C4)ccc3n2)cc1F.COc1ccc(-c2cc(=O)n3cc(N4C[C@H]5CN(CCO)C[C@H]5C4)ccc3n2)cc1F.COc1ccc(-c2ccc3nc(N4CC[C@@H](N(C)C)C4)cc(=O)n3c2)cc1F.COc1ccc(-c2ccc3nc(N4CC[C@H](N(C)C)C4)cc(=O)n3c2)cc1F. The average molecular weight is 1580 g/mol. The van der Waals surface area contributed by atoms with Crippen LogP contribution < -0.4 is 60.8 Å². The average Bonchev–Trinajstić information content (AvgIpc) is 1.37. The molecule has 0 amide bonds. The Balaban J connectivity index is 0.000000122. The molecule has 116 heavy (non-hydrogen) atoms. The van der Waals surface area contributed by atoms with Crippen LogP contribution in [0.5, 0.6) is 23.0 Å². The van der Waals surface area contributed by atoms with Gasteiger partial charge in [-0.25, -0.2) is 37.5 Å². The van der Waals surface area contributed by atoms with E-state index < -0.39 is 23.3 Å². The van der Waals surface area contributed by atoms with Gasteiger partial charge in [-0.15, -0.1) is 0 Å². The third-order valence-corrected chi connectivity index (χ3v) is 23.4. The van der Waals surface area contributed by atoms with Gasteiger partial charge in [0.05, 0.1) is 57.8 Å². The monoisotopic (exact) mass is 1580 g/mol. The highest BCUT2D eigenvalue weighted by molar-refractivity contribution is 5.69. The number of fused-ring (bicyclic) bond motifs is 6. The summed E-state index contributed by atoms with van der Waals surface area (Å²) in [5.74, 6) is 2.13. The van der Waals surface area contributed by atoms with Crippen LogP contribution in [0.3, 0.4) is 0 Å². The molecule has 14 heterocycles. The summed E-state index contributed by atoms with van der Waals surface area (Å²) in [7, 11) is 16.2. The number of likely N-dealkylation sites (tertiary alicyclic amines) is 2. The lowest BCUT2D eigenvalue weighted by atomic mass is 10.0. The van der Waals surface area contributed by atoms with Crippen molar-refractivity contribution >= 4 is 45.6 Å². The second kappa shape index (κ2) is 34.0. The molecule has 0 aliphatic carbocycles. The van der Waals surface area contributed by atoms with Crippen LogP contribution >= 0.6 is 0 Å². The third kappa shape index (κ3) is 16.7. The van der Waals surface area contributed by atoms with Crippen molar-refractivity contribution in [3.8, 4) is 67.8 Å². The number of ether oxygens (including phenoxy) is 4. The van der Waals surface area contributed by atoms with Crippen LogP contribution in [-0.4, -0.2) is 229 Å². The van der Waals surface area contributed by atoms with Gasteiger partial charge in [0.15, 0.2) is 46.3 Å². The molecule has 18 rings (SSSR count). The molecular weight excluding hydrogens is 1490 g/mol. The van der Waals surface area contributed by atoms with E-state index in [1.165, 1.54) is 92.7 Å². The Morgan fingerprint density at radius 2 is 0.750 bits per heavy atom. The molecule has 1 N–H and O–H groups in total. The van der Waals surface area contributed by atoms with Gasteiger partial charge in [0, 0.05) is 150 Å². The number of β-amino-alcohol motifs (C(OH)–C–C–N with tert-alkyl or cyclic N) is 1. The lowest BCUT2D eigenvalue weighted by molar-refractivity contribution is 0.214. The predicted octanol–water partition coefficient (Wildman–Crippen LogP) is 9.82. The standard InChI is InChI=1S/C23H25FN4O3.C22H23FN4O2.2C21H23FN4O2/c1-31-21-4-2-15(8-19(21)24)20-9-23(30)28-14-18(3-5-22(28)25-20)27-12-16-10-26(6-7-29)11-17(16)13-27;1-25-8-7-15-11-26(13-19(15)25)16-4-6-21-24-18(10-22(28)27(21)12-16)14-3-5-20(29-2)17(23)9-14;2*1-24(2)16-8-9-25(13-16)20-11-21(27)26-12-15(5-7-19(26)23-20)14-4-6-18(28-3)17(22)10-14/h2-5,8-9,14,16-17,29H,6-7,10-13H2,1H3;3-6,9-10,12,15,19H,7-8,11,13H2,1-2H3;2*4-7,10-12,16H,8-9,13H2,1-3H3/t16-,17+;15-,19+;2*16-/m.010/s1. The summed E-state index contributed by atoms with van der Waals surface area (Å²) in [5, 5.41) is 9.16. The molecule has 8 aromatic heterocycles. The van der Waals surface area contributed by atoms with Gasteiger partial charge in [0.25, 0.3) is 22.2 Å². The number of anilines is 4. The number of halogens is 4. The molecule has 29 heteroatoms. The van der Waals surface area contributed by atoms with E-state index in [-0.39, 0.29) is 51.8 Å². The zero-order valence-corrected chi connectivity index (χ0v) is 66.3. The second-order valence-corrected chi connectivity index (χ2v) is 30.9. The highest BCUT2D eigenvalue weighted by Crippen LogP contribution is 2.37. The maximum absolute atomic E-state index is 14.1. The van der Waals surface area contributed by atoms with Crippen molar-refractivity contribution in [3.63, 3.8) is 0 Å². The van der Waals surface area contributed by atoms with E-state index in [0.717, 1.165) is 107 Å². The lowest BCUT2D eigenvalue weighted by Crippen LogP contribution is -2.32. The number of aromatic nitrogens is 8. The summed E-state index contributed by atoms with van der Waals surface area (Å²) in [6.07, 6.45) is 10.4. The Morgan fingerprint density at radius 1 is 0.388 bits per heavy atom.